The molecule has 2 aliphatic heterocycles. The summed E-state index contributed by atoms with van der Waals surface area (Å²) >= 11 is 0. The molecule has 2 aliphatic rings. The molecule has 0 unspecified atom stereocenters. The number of rotatable bonds is 67. The molecule has 0 radical (unpaired) electrons. The van der Waals surface area contributed by atoms with Crippen molar-refractivity contribution in [1.29, 1.82) is 0 Å². The van der Waals surface area contributed by atoms with Gasteiger partial charge in [-0.15, -0.1) is 0 Å². The minimum atomic E-state index is -1.97. The van der Waals surface area contributed by atoms with Crippen LogP contribution in [-0.2, 0) is 107 Å². The van der Waals surface area contributed by atoms with Gasteiger partial charge in [0.05, 0.1) is 44.7 Å². The predicted molar refractivity (Wildman–Crippen MR) is 539 cm³/mol. The third kappa shape index (κ3) is 43.2. The number of aliphatic carboxylic acids is 1. The van der Waals surface area contributed by atoms with Crippen molar-refractivity contribution in [3.63, 3.8) is 0 Å². The number of carbonyl (C=O) groups is 21. The van der Waals surface area contributed by atoms with Crippen LogP contribution < -0.4 is 113 Å². The molecule has 0 aliphatic carbocycles. The second-order valence-electron chi connectivity index (χ2n) is 39.9. The molecule has 0 saturated carbocycles. The number of likely N-dealkylation sites (tertiary alicyclic amines) is 2. The summed E-state index contributed by atoms with van der Waals surface area (Å²) < 4.78 is 0. The highest BCUT2D eigenvalue weighted by molar-refractivity contribution is 6.03. The fourth-order valence-corrected chi connectivity index (χ4v) is 16.4. The van der Waals surface area contributed by atoms with Crippen LogP contribution in [0.1, 0.15) is 225 Å². The largest absolute Gasteiger partial charge is 0.508 e. The van der Waals surface area contributed by atoms with Gasteiger partial charge in [-0.2, -0.15) is 0 Å². The number of unbranched alkanes of at least 4 members (excludes halogenated alkanes) is 2. The van der Waals surface area contributed by atoms with Gasteiger partial charge in [-0.25, -0.2) is 0 Å². The number of nitrogens with zero attached hydrogens (tertiary/aromatic N) is 2. The summed E-state index contributed by atoms with van der Waals surface area (Å²) in [5.41, 5.74) is 23.6. The molecular formula is C97H165N23O29. The zero-order valence-corrected chi connectivity index (χ0v) is 88.2. The number of phenols is 1. The number of carbonyl (C=O) groups excluding carboxylic acids is 20. The monoisotopic (exact) mass is 2120 g/mol. The molecule has 2 fully saturated rings. The Morgan fingerprint density at radius 3 is 1.11 bits per heavy atom. The van der Waals surface area contributed by atoms with E-state index in [-0.39, 0.29) is 101 Å². The first-order chi connectivity index (χ1) is 70.0. The zero-order chi connectivity index (χ0) is 113. The van der Waals surface area contributed by atoms with Crippen LogP contribution in [0.3, 0.4) is 0 Å². The maximum Gasteiger partial charge on any atom is 0.303 e. The highest BCUT2D eigenvalue weighted by Gasteiger charge is 2.46. The Balaban J connectivity index is 1.75. The van der Waals surface area contributed by atoms with E-state index in [1.807, 2.05) is 6.92 Å². The Morgan fingerprint density at radius 2 is 0.678 bits per heavy atom. The molecule has 33 N–H and O–H groups in total. The molecule has 24 atom stereocenters. The number of nitrogens with one attached hydrogen (secondary N) is 17. The standard InChI is InChI=1S/C97H165N23O29/c1-17-51(11)74(93(145)113-69(46-124)90(142)117-76(55(15)125)95(147)109-64(41-49(7)8)84(136)108-65(42-57-29-31-58(127)32-30-57)86(138)106-62(78(101)130)39-47(3)4)115-80(132)54(14)103-87(139)66(43-121)111-85(137)63(40-48(5)6)107-83(135)61(33-34-72(128)129)105-94(146)77(56(16)126)118-92(144)71-28-24-37-119(71)96(148)73(50(9)10)114-89(141)68(45-123)112-88(140)67(44-122)110-79(131)53(13)102-82(134)60(26-20-22-36-99)104-91(143)70-27-23-38-120(70)97(149)75(52(12)18-2)116-81(133)59(100)25-19-21-35-98/h29-32,47-56,59-71,73-77,121-127H,17-28,33-46,98-100H2,1-16H3,(H2,101,130)(H,102,134)(H,103,139)(H,104,143)(H,105,146)(H,106,138)(H,107,135)(H,108,136)(H,109,147)(H,110,131)(H,111,137)(H,112,140)(H,113,145)(H,114,141)(H,115,132)(H,116,133)(H,117,142)(H,118,144)(H,128,129)/t51-,52-,53-,54-,55+,56+,59-,60-,61-,62-,63-,64-,65-,66-,67-,68-,69-,70-,71-,73-,74-,75-,76-,77-/m0/s1. The highest BCUT2D eigenvalue weighted by atomic mass is 16.4. The van der Waals surface area contributed by atoms with Gasteiger partial charge in [-0.1, -0.05) is 114 Å². The van der Waals surface area contributed by atoms with Crippen molar-refractivity contribution in [2.75, 3.05) is 52.6 Å². The Bertz CT molecular complexity index is 4630. The molecule has 0 aromatic heterocycles. The molecule has 149 heavy (non-hydrogen) atoms. The molecule has 2 saturated heterocycles. The van der Waals surface area contributed by atoms with Crippen molar-refractivity contribution in [3.8, 4) is 5.75 Å². The summed E-state index contributed by atoms with van der Waals surface area (Å²) in [5.74, 6) is -24.4. The summed E-state index contributed by atoms with van der Waals surface area (Å²) in [6.07, 6.45) is -1.70. The van der Waals surface area contributed by atoms with Gasteiger partial charge >= 0.3 is 5.97 Å². The van der Waals surface area contributed by atoms with E-state index in [9.17, 15) is 142 Å². The van der Waals surface area contributed by atoms with Crippen molar-refractivity contribution in [1.82, 2.24) is 100 Å². The Hall–Kier alpha value is -12.5. The van der Waals surface area contributed by atoms with Gasteiger partial charge in [0, 0.05) is 25.9 Å². The van der Waals surface area contributed by atoms with Crippen molar-refractivity contribution >= 4 is 124 Å². The van der Waals surface area contributed by atoms with E-state index in [0.717, 1.165) is 25.7 Å². The van der Waals surface area contributed by atoms with E-state index in [0.29, 0.717) is 57.1 Å². The molecule has 52 heteroatoms. The lowest BCUT2D eigenvalue weighted by Crippen LogP contribution is -2.63. The molecule has 1 aromatic carbocycles. The van der Waals surface area contributed by atoms with E-state index < -0.39 is 314 Å². The maximum absolute atomic E-state index is 14.6. The second kappa shape index (κ2) is 65.5. The normalized spacial score (nSPS) is 17.9. The van der Waals surface area contributed by atoms with E-state index in [1.165, 1.54) is 56.9 Å². The first-order valence-corrected chi connectivity index (χ1v) is 51.0. The van der Waals surface area contributed by atoms with Crippen molar-refractivity contribution in [2.24, 2.45) is 58.4 Å². The number of hydrogen-bond donors (Lipinski definition) is 29. The van der Waals surface area contributed by atoms with E-state index >= 15 is 0 Å². The van der Waals surface area contributed by atoms with Gasteiger partial charge in [0.2, 0.25) is 118 Å². The minimum absolute atomic E-state index is 0.0212. The van der Waals surface area contributed by atoms with E-state index in [4.69, 9.17) is 22.9 Å². The fraction of sp³-hybridized carbons (Fsp3) is 0.722. The fourth-order valence-electron chi connectivity index (χ4n) is 16.4. The lowest BCUT2D eigenvalue weighted by Gasteiger charge is -2.32. The number of aliphatic hydroxyl groups excluding tert-OH is 6. The quantitative estimate of drug-likeness (QED) is 0.0269. The average molecular weight is 2120 g/mol. The van der Waals surface area contributed by atoms with Crippen LogP contribution in [0.2, 0.25) is 0 Å². The summed E-state index contributed by atoms with van der Waals surface area (Å²) in [7, 11) is 0. The molecule has 3 rings (SSSR count). The van der Waals surface area contributed by atoms with Gasteiger partial charge in [0.25, 0.3) is 0 Å². The van der Waals surface area contributed by atoms with Crippen LogP contribution in [0.25, 0.3) is 0 Å². The molecule has 1 aromatic rings. The number of aromatic hydroxyl groups is 1. The predicted octanol–water partition coefficient (Wildman–Crippen LogP) is -8.25. The third-order valence-corrected chi connectivity index (χ3v) is 25.6. The Labute approximate surface area is 868 Å². The number of aliphatic hydroxyl groups is 6. The molecule has 52 nitrogen and oxygen atoms in total. The van der Waals surface area contributed by atoms with Crippen LogP contribution >= 0.6 is 0 Å². The number of benzene rings is 1. The van der Waals surface area contributed by atoms with Crippen LogP contribution in [0.15, 0.2) is 24.3 Å². The number of amides is 20. The van der Waals surface area contributed by atoms with Gasteiger partial charge in [-0.05, 0) is 177 Å². The summed E-state index contributed by atoms with van der Waals surface area (Å²) in [6, 6.07) is -25.1. The topological polar surface area (TPSA) is 835 Å². The SMILES string of the molecule is CC[C@H](C)[C@H](NC(=O)[C@H](C)NC(=O)[C@H](CO)NC(=O)[C@H](CC(C)C)NC(=O)[C@H](CCC(=O)O)NC(=O)[C@@H](NC(=O)[C@@H]1CCCN1C(=O)[C@@H](NC(=O)[C@H](CO)NC(=O)[C@H](CO)NC(=O)[C@H](C)NC(=O)[C@H](CCCCN)NC(=O)[C@@H]1CCCN1C(=O)[C@@H](NC(=O)[C@@H](N)CCCCN)[C@@H](C)CC)C(C)C)[C@@H](C)O)C(=O)N[C@@H](CO)C(=O)N[C@H](C(=O)N[C@@H](CC(C)C)C(=O)N[C@@H](Cc1ccc(O)cc1)C(=O)N[C@@H](CC(C)C)C(N)=O)[C@@H](C)O. The molecular weight excluding hydrogens is 1950 g/mol. The van der Waals surface area contributed by atoms with Crippen molar-refractivity contribution < 1.29 is 142 Å². The van der Waals surface area contributed by atoms with Gasteiger partial charge in [0.1, 0.15) is 121 Å². The highest BCUT2D eigenvalue weighted by Crippen LogP contribution is 2.26. The number of primary amides is 1. The number of nitrogens with two attached hydrogens (primary N) is 4. The molecule has 20 amide bonds. The first-order valence-electron chi connectivity index (χ1n) is 51.0. The lowest BCUT2D eigenvalue weighted by atomic mass is 9.96. The van der Waals surface area contributed by atoms with Crippen LogP contribution in [-0.4, -0.2) is 360 Å². The third-order valence-electron chi connectivity index (χ3n) is 25.6. The lowest BCUT2D eigenvalue weighted by molar-refractivity contribution is -0.144. The van der Waals surface area contributed by atoms with Gasteiger partial charge < -0.3 is 164 Å². The van der Waals surface area contributed by atoms with E-state index in [1.54, 1.807) is 55.4 Å². The second-order valence-corrected chi connectivity index (χ2v) is 39.9. The molecule has 0 spiro atoms. The molecule has 2 heterocycles. The molecule has 842 valence electrons. The minimum Gasteiger partial charge on any atom is -0.508 e. The van der Waals surface area contributed by atoms with Crippen LogP contribution in [0, 0.1) is 35.5 Å². The summed E-state index contributed by atoms with van der Waals surface area (Å²) in [4.78, 5) is 294. The Kier molecular flexibility index (Phi) is 57.4. The van der Waals surface area contributed by atoms with Crippen LogP contribution in [0.4, 0.5) is 0 Å². The van der Waals surface area contributed by atoms with E-state index in [2.05, 4.69) is 90.4 Å². The molecule has 0 bridgehead atoms. The van der Waals surface area contributed by atoms with Gasteiger partial charge in [0.15, 0.2) is 0 Å². The number of phenolic OH excluding ortho intramolecular Hbond substituents is 1. The first kappa shape index (κ1) is 131. The van der Waals surface area contributed by atoms with Crippen LogP contribution in [0.5, 0.6) is 5.75 Å². The van der Waals surface area contributed by atoms with Crippen molar-refractivity contribution in [3.05, 3.63) is 29.8 Å². The smallest absolute Gasteiger partial charge is 0.303 e. The summed E-state index contributed by atoms with van der Waals surface area (Å²) in [5, 5.41) is 125. The van der Waals surface area contributed by atoms with Gasteiger partial charge in [-0.3, -0.25) is 101 Å². The van der Waals surface area contributed by atoms with Crippen molar-refractivity contribution in [2.45, 2.75) is 359 Å². The Morgan fingerprint density at radius 1 is 0.356 bits per heavy atom. The summed E-state index contributed by atoms with van der Waals surface area (Å²) in [6.45, 7) is 20.7. The maximum atomic E-state index is 14.6. The number of carboxylic acid groups (broad SMARTS) is 1. The number of carboxylic acids is 1. The number of hydrogen-bond acceptors (Lipinski definition) is 31. The zero-order valence-electron chi connectivity index (χ0n) is 88.2. The average Bonchev–Trinajstić information content (AvgIpc) is 1.71.